The average Bonchev–Trinajstić information content (AvgIpc) is 3.10. The van der Waals surface area contributed by atoms with Gasteiger partial charge in [0, 0.05) is 31.6 Å². The highest BCUT2D eigenvalue weighted by molar-refractivity contribution is 5.14. The molecule has 1 fully saturated rings. The number of nitrogens with one attached hydrogen (secondary N) is 1. The van der Waals surface area contributed by atoms with Crippen LogP contribution in [-0.2, 0) is 6.54 Å². The van der Waals surface area contributed by atoms with Gasteiger partial charge in [0.25, 0.3) is 0 Å². The van der Waals surface area contributed by atoms with Gasteiger partial charge in [-0.25, -0.2) is 0 Å². The van der Waals surface area contributed by atoms with Crippen molar-refractivity contribution in [3.05, 3.63) is 17.5 Å². The molecular formula is C13H23N3O. The van der Waals surface area contributed by atoms with Crippen LogP contribution in [-0.4, -0.2) is 36.2 Å². The molecule has 17 heavy (non-hydrogen) atoms. The number of likely N-dealkylation sites (N-methyl/N-ethyl adjacent to an activating group) is 1. The molecule has 1 heterocycles. The molecule has 1 saturated carbocycles. The van der Waals surface area contributed by atoms with Crippen molar-refractivity contribution in [2.24, 2.45) is 0 Å². The summed E-state index contributed by atoms with van der Waals surface area (Å²) >= 11 is 0. The summed E-state index contributed by atoms with van der Waals surface area (Å²) in [7, 11) is 0. The van der Waals surface area contributed by atoms with Crippen LogP contribution in [0.1, 0.15) is 44.1 Å². The Hall–Kier alpha value is -0.870. The highest BCUT2D eigenvalue weighted by atomic mass is 16.5. The van der Waals surface area contributed by atoms with Crippen LogP contribution >= 0.6 is 0 Å². The maximum absolute atomic E-state index is 5.31. The van der Waals surface area contributed by atoms with Crippen molar-refractivity contribution in [2.75, 3.05) is 26.2 Å². The van der Waals surface area contributed by atoms with Gasteiger partial charge in [-0.05, 0) is 25.9 Å². The Labute approximate surface area is 103 Å². The predicted octanol–water partition coefficient (Wildman–Crippen LogP) is 1.98. The molecule has 96 valence electrons. The van der Waals surface area contributed by atoms with Crippen LogP contribution in [0.25, 0.3) is 0 Å². The smallest absolute Gasteiger partial charge is 0.140 e. The summed E-state index contributed by atoms with van der Waals surface area (Å²) in [6.45, 7) is 9.55. The second-order valence-electron chi connectivity index (χ2n) is 4.70. The van der Waals surface area contributed by atoms with Crippen molar-refractivity contribution >= 4 is 0 Å². The third kappa shape index (κ3) is 3.82. The van der Waals surface area contributed by atoms with Gasteiger partial charge >= 0.3 is 0 Å². The van der Waals surface area contributed by atoms with E-state index in [0.29, 0.717) is 5.92 Å². The molecule has 1 N–H and O–H groups in total. The highest BCUT2D eigenvalue weighted by Crippen LogP contribution is 2.40. The minimum Gasteiger partial charge on any atom is -0.361 e. The van der Waals surface area contributed by atoms with Gasteiger partial charge in [-0.3, -0.25) is 0 Å². The van der Waals surface area contributed by atoms with Gasteiger partial charge in [-0.15, -0.1) is 0 Å². The van der Waals surface area contributed by atoms with Gasteiger partial charge in [-0.1, -0.05) is 19.0 Å². The quantitative estimate of drug-likeness (QED) is 0.702. The van der Waals surface area contributed by atoms with Gasteiger partial charge in [0.05, 0.1) is 5.69 Å². The lowest BCUT2D eigenvalue weighted by molar-refractivity contribution is 0.301. The lowest BCUT2D eigenvalue weighted by Gasteiger charge is -2.17. The van der Waals surface area contributed by atoms with E-state index in [1.165, 1.54) is 12.8 Å². The van der Waals surface area contributed by atoms with E-state index in [-0.39, 0.29) is 0 Å². The zero-order chi connectivity index (χ0) is 12.1. The Morgan fingerprint density at radius 2 is 2.18 bits per heavy atom. The van der Waals surface area contributed by atoms with Gasteiger partial charge in [0.15, 0.2) is 0 Å². The first-order valence-electron chi connectivity index (χ1n) is 6.72. The minimum atomic E-state index is 0.659. The summed E-state index contributed by atoms with van der Waals surface area (Å²) in [4.78, 5) is 2.41. The first kappa shape index (κ1) is 12.6. The van der Waals surface area contributed by atoms with E-state index in [4.69, 9.17) is 4.52 Å². The Bertz CT molecular complexity index is 329. The molecule has 1 aromatic heterocycles. The topological polar surface area (TPSA) is 41.3 Å². The predicted molar refractivity (Wildman–Crippen MR) is 68.0 cm³/mol. The molecule has 4 nitrogen and oxygen atoms in total. The first-order chi connectivity index (χ1) is 8.33. The molecule has 0 radical (unpaired) electrons. The lowest BCUT2D eigenvalue weighted by atomic mass is 10.3. The second-order valence-corrected chi connectivity index (χ2v) is 4.70. The lowest BCUT2D eigenvalue weighted by Crippen LogP contribution is -2.31. The molecule has 4 heteroatoms. The van der Waals surface area contributed by atoms with Crippen molar-refractivity contribution in [3.63, 3.8) is 0 Å². The Morgan fingerprint density at radius 3 is 2.82 bits per heavy atom. The molecule has 0 atom stereocenters. The van der Waals surface area contributed by atoms with Crippen LogP contribution in [0.2, 0.25) is 0 Å². The van der Waals surface area contributed by atoms with Gasteiger partial charge in [-0.2, -0.15) is 0 Å². The molecule has 1 aromatic rings. The monoisotopic (exact) mass is 237 g/mol. The summed E-state index contributed by atoms with van der Waals surface area (Å²) in [6, 6.07) is 2.10. The molecule has 0 aliphatic heterocycles. The van der Waals surface area contributed by atoms with Crippen molar-refractivity contribution in [3.8, 4) is 0 Å². The molecule has 0 saturated heterocycles. The molecule has 2 rings (SSSR count). The van der Waals surface area contributed by atoms with E-state index in [9.17, 15) is 0 Å². The molecule has 1 aliphatic carbocycles. The first-order valence-corrected chi connectivity index (χ1v) is 6.72. The van der Waals surface area contributed by atoms with E-state index < -0.39 is 0 Å². The van der Waals surface area contributed by atoms with Crippen LogP contribution < -0.4 is 5.32 Å². The summed E-state index contributed by atoms with van der Waals surface area (Å²) in [6.07, 6.45) is 2.54. The van der Waals surface area contributed by atoms with Crippen LogP contribution in [0.5, 0.6) is 0 Å². The number of aromatic nitrogens is 1. The normalized spacial score (nSPS) is 15.7. The van der Waals surface area contributed by atoms with E-state index in [1.54, 1.807) is 0 Å². The largest absolute Gasteiger partial charge is 0.361 e. The summed E-state index contributed by atoms with van der Waals surface area (Å²) in [5, 5.41) is 7.49. The fourth-order valence-electron chi connectivity index (χ4n) is 1.97. The molecule has 0 aromatic carbocycles. The van der Waals surface area contributed by atoms with E-state index in [2.05, 4.69) is 35.3 Å². The molecule has 0 unspecified atom stereocenters. The Morgan fingerprint density at radius 1 is 1.41 bits per heavy atom. The second kappa shape index (κ2) is 6.17. The number of hydrogen-bond acceptors (Lipinski definition) is 4. The van der Waals surface area contributed by atoms with E-state index in [1.807, 2.05) is 0 Å². The van der Waals surface area contributed by atoms with E-state index >= 15 is 0 Å². The maximum atomic E-state index is 5.31. The number of rotatable bonds is 8. The third-order valence-electron chi connectivity index (χ3n) is 3.36. The van der Waals surface area contributed by atoms with Crippen LogP contribution in [0.4, 0.5) is 0 Å². The van der Waals surface area contributed by atoms with E-state index in [0.717, 1.165) is 44.2 Å². The van der Waals surface area contributed by atoms with Crippen LogP contribution in [0.15, 0.2) is 10.6 Å². The van der Waals surface area contributed by atoms with Crippen molar-refractivity contribution in [1.29, 1.82) is 0 Å². The highest BCUT2D eigenvalue weighted by Gasteiger charge is 2.27. The standard InChI is InChI=1S/C13H23N3O/c1-3-16(4-2)8-7-14-10-12-9-13(17-15-12)11-5-6-11/h9,11,14H,3-8,10H2,1-2H3. The fraction of sp³-hybridized carbons (Fsp3) is 0.769. The molecular weight excluding hydrogens is 214 g/mol. The molecule has 1 aliphatic rings. The van der Waals surface area contributed by atoms with Crippen molar-refractivity contribution < 1.29 is 4.52 Å². The van der Waals surface area contributed by atoms with Gasteiger partial charge < -0.3 is 14.7 Å². The molecule has 0 bridgehead atoms. The minimum absolute atomic E-state index is 0.659. The fourth-order valence-corrected chi connectivity index (χ4v) is 1.97. The van der Waals surface area contributed by atoms with Crippen molar-refractivity contribution in [2.45, 2.75) is 39.2 Å². The average molecular weight is 237 g/mol. The summed E-state index contributed by atoms with van der Waals surface area (Å²) < 4.78 is 5.31. The SMILES string of the molecule is CCN(CC)CCNCc1cc(C2CC2)on1. The van der Waals surface area contributed by atoms with Crippen LogP contribution in [0.3, 0.4) is 0 Å². The van der Waals surface area contributed by atoms with Gasteiger partial charge in [0.1, 0.15) is 5.76 Å². The molecule has 0 spiro atoms. The summed E-state index contributed by atoms with van der Waals surface area (Å²) in [5.74, 6) is 1.73. The van der Waals surface area contributed by atoms with Crippen molar-refractivity contribution in [1.82, 2.24) is 15.4 Å². The zero-order valence-corrected chi connectivity index (χ0v) is 10.9. The van der Waals surface area contributed by atoms with Crippen LogP contribution in [0, 0.1) is 0 Å². The molecule has 0 amide bonds. The zero-order valence-electron chi connectivity index (χ0n) is 10.9. The number of hydrogen-bond donors (Lipinski definition) is 1. The Balaban J connectivity index is 1.63. The van der Waals surface area contributed by atoms with Gasteiger partial charge in [0.2, 0.25) is 0 Å². The third-order valence-corrected chi connectivity index (χ3v) is 3.36. The number of nitrogens with zero attached hydrogens (tertiary/aromatic N) is 2. The summed E-state index contributed by atoms with van der Waals surface area (Å²) in [5.41, 5.74) is 1.03. The Kier molecular flexibility index (Phi) is 4.57. The maximum Gasteiger partial charge on any atom is 0.140 e.